The van der Waals surface area contributed by atoms with E-state index < -0.39 is 0 Å². The molecular formula is C6H20OSTb2. The largest absolute Gasteiger partial charge is 0.400 e. The topological polar surface area (TPSA) is 20.2 Å². The van der Waals surface area contributed by atoms with E-state index in [0.717, 1.165) is 7.11 Å². The van der Waals surface area contributed by atoms with Crippen LogP contribution in [0.5, 0.6) is 0 Å². The summed E-state index contributed by atoms with van der Waals surface area (Å²) in [6, 6.07) is 0. The van der Waals surface area contributed by atoms with Gasteiger partial charge in [0, 0.05) is 84.3 Å². The van der Waals surface area contributed by atoms with Crippen LogP contribution in [0, 0.1) is 77.2 Å². The quantitative estimate of drug-likeness (QED) is 0.534. The van der Waals surface area contributed by atoms with Gasteiger partial charge in [0.15, 0.2) is 0 Å². The fourth-order valence-electron chi connectivity index (χ4n) is 0. The second-order valence-corrected chi connectivity index (χ2v) is 0. The van der Waals surface area contributed by atoms with E-state index in [2.05, 4.69) is 12.6 Å². The van der Waals surface area contributed by atoms with Gasteiger partial charge in [-0.2, -0.15) is 12.6 Å². The molecule has 0 saturated carbocycles. The molecule has 2 radical (unpaired) electrons. The maximum absolute atomic E-state index is 7.00. The minimum absolute atomic E-state index is 0. The van der Waals surface area contributed by atoms with Crippen molar-refractivity contribution < 1.29 is 82.3 Å². The van der Waals surface area contributed by atoms with Crippen molar-refractivity contribution in [2.45, 2.75) is 27.7 Å². The molecular weight excluding hydrogens is 438 g/mol. The fraction of sp³-hybridized carbons (Fsp3) is 1.00. The second kappa shape index (κ2) is 169. The first-order valence-electron chi connectivity index (χ1n) is 2.89. The van der Waals surface area contributed by atoms with Crippen LogP contribution in [0.3, 0.4) is 0 Å². The third kappa shape index (κ3) is 128. The van der Waals surface area contributed by atoms with Crippen molar-refractivity contribution in [1.29, 1.82) is 0 Å². The number of rotatable bonds is 0. The zero-order valence-corrected chi connectivity index (χ0v) is 12.7. The summed E-state index contributed by atoms with van der Waals surface area (Å²) in [5, 5.41) is 7.00. The van der Waals surface area contributed by atoms with Crippen molar-refractivity contribution in [3.63, 3.8) is 0 Å². The van der Waals surface area contributed by atoms with Gasteiger partial charge >= 0.3 is 0 Å². The van der Waals surface area contributed by atoms with Gasteiger partial charge in [0.1, 0.15) is 0 Å². The van der Waals surface area contributed by atoms with E-state index in [9.17, 15) is 0 Å². The van der Waals surface area contributed by atoms with Crippen LogP contribution in [0.1, 0.15) is 27.7 Å². The third-order valence-corrected chi connectivity index (χ3v) is 0. The molecule has 0 heterocycles. The Kier molecular flexibility index (Phi) is 651. The number of hydrogen-bond donors (Lipinski definition) is 2. The average molecular weight is 458 g/mol. The first kappa shape index (κ1) is 38.4. The smallest absolute Gasteiger partial charge is 0.0319 e. The Morgan fingerprint density at radius 3 is 0.700 bits per heavy atom. The van der Waals surface area contributed by atoms with Gasteiger partial charge in [0.25, 0.3) is 0 Å². The molecule has 0 rings (SSSR count). The van der Waals surface area contributed by atoms with Gasteiger partial charge in [0.05, 0.1) is 0 Å². The molecule has 0 saturated heterocycles. The molecule has 0 spiro atoms. The summed E-state index contributed by atoms with van der Waals surface area (Å²) in [4.78, 5) is 0. The standard InChI is InChI=1S/2C2H6.CH4O.CH4S.2Tb/c4*1-2;;/h2*1-2H3;2*2H,1H3;;. The van der Waals surface area contributed by atoms with Crippen molar-refractivity contribution >= 4 is 12.6 Å². The third-order valence-electron chi connectivity index (χ3n) is 0. The molecule has 74 valence electrons. The Hall–Kier alpha value is 2.88. The molecule has 0 aliphatic carbocycles. The van der Waals surface area contributed by atoms with Crippen LogP contribution in [0.25, 0.3) is 0 Å². The summed E-state index contributed by atoms with van der Waals surface area (Å²) < 4.78 is 0. The minimum atomic E-state index is 0. The van der Waals surface area contributed by atoms with Crippen molar-refractivity contribution in [3.8, 4) is 0 Å². The van der Waals surface area contributed by atoms with Gasteiger partial charge in [-0.25, -0.2) is 0 Å². The molecule has 0 aromatic heterocycles. The minimum Gasteiger partial charge on any atom is -0.400 e. The van der Waals surface area contributed by atoms with Gasteiger partial charge in [0.2, 0.25) is 0 Å². The maximum atomic E-state index is 7.00. The maximum Gasteiger partial charge on any atom is 0.0319 e. The van der Waals surface area contributed by atoms with Crippen LogP contribution in [0.2, 0.25) is 0 Å². The average Bonchev–Trinajstić information content (AvgIpc) is 2.03. The van der Waals surface area contributed by atoms with Gasteiger partial charge in [-0.05, 0) is 6.26 Å². The molecule has 10 heavy (non-hydrogen) atoms. The summed E-state index contributed by atoms with van der Waals surface area (Å²) in [5.41, 5.74) is 0. The van der Waals surface area contributed by atoms with Gasteiger partial charge in [-0.15, -0.1) is 0 Å². The van der Waals surface area contributed by atoms with Crippen LogP contribution in [0.15, 0.2) is 0 Å². The normalized spacial score (nSPS) is 2.40. The molecule has 4 heteroatoms. The van der Waals surface area contributed by atoms with Crippen molar-refractivity contribution in [2.24, 2.45) is 0 Å². The summed E-state index contributed by atoms with van der Waals surface area (Å²) in [6.45, 7) is 8.00. The van der Waals surface area contributed by atoms with Crippen LogP contribution in [0.4, 0.5) is 0 Å². The van der Waals surface area contributed by atoms with Crippen LogP contribution in [-0.2, 0) is 0 Å². The first-order valence-corrected chi connectivity index (χ1v) is 3.79. The van der Waals surface area contributed by atoms with E-state index in [1.165, 1.54) is 0 Å². The molecule has 0 atom stereocenters. The summed E-state index contributed by atoms with van der Waals surface area (Å²) in [5.74, 6) is 0. The number of hydrogen-bond acceptors (Lipinski definition) is 2. The predicted molar refractivity (Wildman–Crippen MR) is 45.7 cm³/mol. The summed E-state index contributed by atoms with van der Waals surface area (Å²) in [7, 11) is 1.00. The van der Waals surface area contributed by atoms with E-state index in [1.54, 1.807) is 6.26 Å². The molecule has 0 aromatic carbocycles. The number of aliphatic hydroxyl groups is 1. The molecule has 0 aromatic rings. The van der Waals surface area contributed by atoms with E-state index in [1.807, 2.05) is 27.7 Å². The molecule has 0 aliphatic heterocycles. The van der Waals surface area contributed by atoms with E-state index in [4.69, 9.17) is 5.11 Å². The second-order valence-electron chi connectivity index (χ2n) is 0. The van der Waals surface area contributed by atoms with Crippen LogP contribution in [-0.4, -0.2) is 18.5 Å². The Balaban J connectivity index is -0.00000000500. The SMILES string of the molecule is CC.CC.CO.CS.[Tb].[Tb]. The van der Waals surface area contributed by atoms with Gasteiger partial charge < -0.3 is 5.11 Å². The Morgan fingerprint density at radius 2 is 0.700 bits per heavy atom. The monoisotopic (exact) mass is 458 g/mol. The predicted octanol–water partition coefficient (Wildman–Crippen LogP) is 2.21. The zero-order valence-electron chi connectivity index (χ0n) is 7.56. The Labute approximate surface area is 133 Å². The Bertz CT molecular complexity index is 15.7. The summed E-state index contributed by atoms with van der Waals surface area (Å²) >= 11 is 3.53. The molecule has 0 unspecified atom stereocenters. The fourth-order valence-corrected chi connectivity index (χ4v) is 0. The Morgan fingerprint density at radius 1 is 0.700 bits per heavy atom. The zero-order chi connectivity index (χ0) is 8.00. The summed E-state index contributed by atoms with van der Waals surface area (Å²) in [6.07, 6.45) is 1.69. The molecule has 0 aliphatic rings. The number of thiol groups is 1. The van der Waals surface area contributed by atoms with Crippen molar-refractivity contribution in [2.75, 3.05) is 13.4 Å². The number of aliphatic hydroxyl groups excluding tert-OH is 1. The molecule has 0 fully saturated rings. The van der Waals surface area contributed by atoms with E-state index in [-0.39, 0.29) is 77.2 Å². The van der Waals surface area contributed by atoms with Crippen molar-refractivity contribution in [3.05, 3.63) is 0 Å². The van der Waals surface area contributed by atoms with Crippen LogP contribution < -0.4 is 0 Å². The molecule has 1 nitrogen and oxygen atoms in total. The van der Waals surface area contributed by atoms with Gasteiger partial charge in [-0.1, -0.05) is 27.7 Å². The van der Waals surface area contributed by atoms with Crippen LogP contribution >= 0.6 is 12.6 Å². The molecule has 1 N–H and O–H groups in total. The van der Waals surface area contributed by atoms with E-state index in [0.29, 0.717) is 0 Å². The molecule has 0 amide bonds. The van der Waals surface area contributed by atoms with Crippen molar-refractivity contribution in [1.82, 2.24) is 0 Å². The van der Waals surface area contributed by atoms with Gasteiger partial charge in [-0.3, -0.25) is 0 Å². The first-order chi connectivity index (χ1) is 4.00. The molecule has 0 bridgehead atoms. The van der Waals surface area contributed by atoms with E-state index >= 15 is 0 Å².